The number of aromatic hydroxyl groups is 1. The molecule has 2 aromatic carbocycles. The predicted molar refractivity (Wildman–Crippen MR) is 100 cm³/mol. The minimum Gasteiger partial charge on any atom is -0.507 e. The van der Waals surface area contributed by atoms with E-state index in [-0.39, 0.29) is 22.6 Å². The van der Waals surface area contributed by atoms with E-state index >= 15 is 0 Å². The molecule has 0 aromatic heterocycles. The molecule has 0 heterocycles. The van der Waals surface area contributed by atoms with E-state index < -0.39 is 23.1 Å². The number of rotatable bonds is 3. The maximum atomic E-state index is 12.6. The molecule has 1 aliphatic carbocycles. The zero-order valence-electron chi connectivity index (χ0n) is 15.2. The van der Waals surface area contributed by atoms with Gasteiger partial charge in [-0.1, -0.05) is 6.07 Å². The Balaban J connectivity index is 1.79. The van der Waals surface area contributed by atoms with Gasteiger partial charge in [0, 0.05) is 17.3 Å². The maximum absolute atomic E-state index is 12.6. The van der Waals surface area contributed by atoms with Crippen LogP contribution in [0.25, 0.3) is 0 Å². The van der Waals surface area contributed by atoms with E-state index in [1.807, 2.05) is 0 Å². The maximum Gasteiger partial charge on any atom is 0.338 e. The Morgan fingerprint density at radius 2 is 1.70 bits per heavy atom. The molecule has 0 saturated heterocycles. The van der Waals surface area contributed by atoms with Crippen LogP contribution in [0.2, 0.25) is 0 Å². The second kappa shape index (κ2) is 6.72. The zero-order chi connectivity index (χ0) is 19.8. The fourth-order valence-corrected chi connectivity index (χ4v) is 2.68. The molecular weight excluding hydrogens is 346 g/mol. The Labute approximate surface area is 156 Å². The Hall–Kier alpha value is -3.41. The third-order valence-corrected chi connectivity index (χ3v) is 3.85. The molecule has 0 amide bonds. The van der Waals surface area contributed by atoms with Gasteiger partial charge in [0.2, 0.25) is 5.78 Å². The number of hydrogen-bond donors (Lipinski definition) is 2. The minimum absolute atomic E-state index is 0.00771. The number of phenols is 1. The van der Waals surface area contributed by atoms with Gasteiger partial charge in [-0.25, -0.2) is 4.79 Å². The van der Waals surface area contributed by atoms with Crippen LogP contribution in [0.1, 0.15) is 51.8 Å². The summed E-state index contributed by atoms with van der Waals surface area (Å²) >= 11 is 0. The third kappa shape index (κ3) is 3.89. The van der Waals surface area contributed by atoms with Gasteiger partial charge in [0.05, 0.1) is 16.8 Å². The molecule has 138 valence electrons. The quantitative estimate of drug-likeness (QED) is 0.805. The van der Waals surface area contributed by atoms with Gasteiger partial charge in [-0.3, -0.25) is 9.59 Å². The number of ether oxygens (including phenoxy) is 1. The van der Waals surface area contributed by atoms with Gasteiger partial charge in [0.1, 0.15) is 11.4 Å². The van der Waals surface area contributed by atoms with Crippen LogP contribution in [0.3, 0.4) is 0 Å². The summed E-state index contributed by atoms with van der Waals surface area (Å²) in [6.45, 7) is 5.36. The van der Waals surface area contributed by atoms with Gasteiger partial charge in [-0.15, -0.1) is 0 Å². The predicted octanol–water partition coefficient (Wildman–Crippen LogP) is 3.72. The Morgan fingerprint density at radius 1 is 1.04 bits per heavy atom. The second-order valence-electron chi connectivity index (χ2n) is 7.16. The number of Topliss-reactive ketones (excluding diaryl/α,β-unsaturated/α-hetero) is 1. The fourth-order valence-electron chi connectivity index (χ4n) is 2.68. The van der Waals surface area contributed by atoms with Crippen LogP contribution in [-0.2, 0) is 4.74 Å². The first-order chi connectivity index (χ1) is 12.7. The average molecular weight is 365 g/mol. The molecule has 3 rings (SSSR count). The molecule has 0 fully saturated rings. The highest BCUT2D eigenvalue weighted by atomic mass is 16.6. The summed E-state index contributed by atoms with van der Waals surface area (Å²) in [4.78, 5) is 36.9. The topological polar surface area (TPSA) is 92.7 Å². The number of carbonyl (C=O) groups is 3. The summed E-state index contributed by atoms with van der Waals surface area (Å²) in [5.41, 5.74) is 0.586. The first-order valence-corrected chi connectivity index (χ1v) is 8.39. The first-order valence-electron chi connectivity index (χ1n) is 8.39. The third-order valence-electron chi connectivity index (χ3n) is 3.85. The summed E-state index contributed by atoms with van der Waals surface area (Å²) in [6.07, 6.45) is 1.16. The normalized spacial score (nSPS) is 13.7. The van der Waals surface area contributed by atoms with Gasteiger partial charge in [-0.2, -0.15) is 0 Å². The molecule has 0 atom stereocenters. The van der Waals surface area contributed by atoms with Crippen molar-refractivity contribution in [1.29, 1.82) is 0 Å². The lowest BCUT2D eigenvalue weighted by Gasteiger charge is -2.20. The van der Waals surface area contributed by atoms with Crippen molar-refractivity contribution in [3.05, 3.63) is 70.9 Å². The number of esters is 1. The molecule has 1 aliphatic rings. The number of fused-ring (bicyclic) bond motifs is 1. The lowest BCUT2D eigenvalue weighted by molar-refractivity contribution is 0.00694. The van der Waals surface area contributed by atoms with Crippen LogP contribution in [-0.4, -0.2) is 28.2 Å². The highest BCUT2D eigenvalue weighted by molar-refractivity contribution is 6.26. The number of benzene rings is 2. The van der Waals surface area contributed by atoms with Crippen molar-refractivity contribution in [2.75, 3.05) is 5.32 Å². The van der Waals surface area contributed by atoms with E-state index in [2.05, 4.69) is 5.32 Å². The van der Waals surface area contributed by atoms with Crippen molar-refractivity contribution >= 4 is 23.2 Å². The Bertz CT molecular complexity index is 965. The number of nitrogens with one attached hydrogen (secondary N) is 1. The van der Waals surface area contributed by atoms with E-state index in [9.17, 15) is 19.5 Å². The monoisotopic (exact) mass is 365 g/mol. The molecule has 0 unspecified atom stereocenters. The minimum atomic E-state index is -0.591. The van der Waals surface area contributed by atoms with Gasteiger partial charge < -0.3 is 15.2 Å². The second-order valence-corrected chi connectivity index (χ2v) is 7.16. The van der Waals surface area contributed by atoms with Crippen LogP contribution >= 0.6 is 0 Å². The van der Waals surface area contributed by atoms with Crippen molar-refractivity contribution < 1.29 is 24.2 Å². The molecule has 2 aromatic rings. The number of hydrogen-bond acceptors (Lipinski definition) is 6. The summed E-state index contributed by atoms with van der Waals surface area (Å²) < 4.78 is 5.30. The Kier molecular flexibility index (Phi) is 4.57. The molecule has 6 nitrogen and oxygen atoms in total. The van der Waals surface area contributed by atoms with Crippen molar-refractivity contribution in [1.82, 2.24) is 0 Å². The first kappa shape index (κ1) is 18.4. The van der Waals surface area contributed by atoms with Crippen molar-refractivity contribution in [2.24, 2.45) is 0 Å². The molecular formula is C21H19NO5. The van der Waals surface area contributed by atoms with Crippen LogP contribution in [0.5, 0.6) is 5.75 Å². The molecule has 0 aliphatic heterocycles. The average Bonchev–Trinajstić information content (AvgIpc) is 2.58. The number of carbonyl (C=O) groups excluding carboxylic acids is 3. The number of allylic oxidation sites excluding steroid dienone is 2. The van der Waals surface area contributed by atoms with Crippen LogP contribution in [0.4, 0.5) is 5.69 Å². The van der Waals surface area contributed by atoms with Crippen LogP contribution in [0, 0.1) is 0 Å². The lowest BCUT2D eigenvalue weighted by Crippen LogP contribution is -2.24. The number of phenolic OH excluding ortho intramolecular Hbond substituents is 1. The summed E-state index contributed by atoms with van der Waals surface area (Å²) in [7, 11) is 0. The van der Waals surface area contributed by atoms with Crippen molar-refractivity contribution in [2.45, 2.75) is 26.4 Å². The fraction of sp³-hybridized carbons (Fsp3) is 0.190. The van der Waals surface area contributed by atoms with Gasteiger partial charge >= 0.3 is 5.97 Å². The van der Waals surface area contributed by atoms with E-state index in [1.165, 1.54) is 18.2 Å². The highest BCUT2D eigenvalue weighted by Gasteiger charge is 2.28. The molecule has 0 bridgehead atoms. The lowest BCUT2D eigenvalue weighted by atomic mass is 9.92. The highest BCUT2D eigenvalue weighted by Crippen LogP contribution is 2.29. The van der Waals surface area contributed by atoms with E-state index in [4.69, 9.17) is 4.74 Å². The zero-order valence-corrected chi connectivity index (χ0v) is 15.2. The standard InChI is InChI=1S/C21H19NO5/c1-21(2,3)27-20(26)12-7-9-13(10-8-12)22-15-11-17(24)18-14(19(15)25)5-4-6-16(18)23/h4-11,22-23H,1-3H3. The number of ketones is 2. The molecule has 2 N–H and O–H groups in total. The smallest absolute Gasteiger partial charge is 0.338 e. The van der Waals surface area contributed by atoms with E-state index in [0.717, 1.165) is 6.08 Å². The van der Waals surface area contributed by atoms with Crippen molar-refractivity contribution in [3.63, 3.8) is 0 Å². The largest absolute Gasteiger partial charge is 0.507 e. The Morgan fingerprint density at radius 3 is 2.33 bits per heavy atom. The molecule has 27 heavy (non-hydrogen) atoms. The summed E-state index contributed by atoms with van der Waals surface area (Å²) in [5, 5.41) is 12.7. The van der Waals surface area contributed by atoms with Crippen LogP contribution in [0.15, 0.2) is 54.2 Å². The van der Waals surface area contributed by atoms with Crippen LogP contribution < -0.4 is 5.32 Å². The van der Waals surface area contributed by atoms with Gasteiger partial charge in [-0.05, 0) is 57.2 Å². The summed E-state index contributed by atoms with van der Waals surface area (Å²) in [5.74, 6) is -1.50. The van der Waals surface area contributed by atoms with Gasteiger partial charge in [0.25, 0.3) is 0 Å². The molecule has 0 saturated carbocycles. The summed E-state index contributed by atoms with van der Waals surface area (Å²) in [6, 6.07) is 10.8. The molecule has 0 spiro atoms. The van der Waals surface area contributed by atoms with Gasteiger partial charge in [0.15, 0.2) is 5.78 Å². The van der Waals surface area contributed by atoms with E-state index in [1.54, 1.807) is 45.0 Å². The number of anilines is 1. The molecule has 6 heteroatoms. The molecule has 0 radical (unpaired) electrons. The van der Waals surface area contributed by atoms with E-state index in [0.29, 0.717) is 11.3 Å². The van der Waals surface area contributed by atoms with Crippen molar-refractivity contribution in [3.8, 4) is 5.75 Å². The SMILES string of the molecule is CC(C)(C)OC(=O)c1ccc(NC2=CC(=O)c3c(O)cccc3C2=O)cc1.